The van der Waals surface area contributed by atoms with E-state index in [1.54, 1.807) is 13.0 Å². The highest BCUT2D eigenvalue weighted by atomic mass is 35.5. The third-order valence-corrected chi connectivity index (χ3v) is 5.37. The summed E-state index contributed by atoms with van der Waals surface area (Å²) in [5.41, 5.74) is 0.951. The van der Waals surface area contributed by atoms with Crippen LogP contribution in [0, 0.1) is 5.92 Å². The highest BCUT2D eigenvalue weighted by Crippen LogP contribution is 2.42. The number of halogens is 3. The average molecular weight is 468 g/mol. The van der Waals surface area contributed by atoms with Gasteiger partial charge in [-0.3, -0.25) is 9.78 Å². The van der Waals surface area contributed by atoms with Crippen LogP contribution in [-0.2, 0) is 16.0 Å². The third kappa shape index (κ3) is 4.03. The minimum absolute atomic E-state index is 0.0546. The lowest BCUT2D eigenvalue weighted by molar-refractivity contribution is -0.286. The topological polar surface area (TPSA) is 118 Å². The molecule has 12 heteroatoms. The highest BCUT2D eigenvalue weighted by molar-refractivity contribution is 6.30. The number of benzene rings is 1. The first-order valence-corrected chi connectivity index (χ1v) is 9.79. The molecule has 4 rings (SSSR count). The number of aliphatic carboxylic acids is 1. The Morgan fingerprint density at radius 1 is 1.28 bits per heavy atom. The summed E-state index contributed by atoms with van der Waals surface area (Å²) in [7, 11) is 0. The zero-order valence-corrected chi connectivity index (χ0v) is 17.2. The van der Waals surface area contributed by atoms with E-state index in [0.717, 1.165) is 0 Å². The number of carboxylic acids is 1. The number of amides is 3. The van der Waals surface area contributed by atoms with Crippen LogP contribution in [0.5, 0.6) is 11.5 Å². The van der Waals surface area contributed by atoms with Crippen LogP contribution in [0.1, 0.15) is 24.1 Å². The number of urea groups is 1. The van der Waals surface area contributed by atoms with Crippen LogP contribution >= 0.6 is 11.6 Å². The maximum absolute atomic E-state index is 13.2. The fraction of sp³-hybridized carbons (Fsp3) is 0.300. The summed E-state index contributed by atoms with van der Waals surface area (Å²) in [6, 6.07) is 2.50. The number of hydrogen-bond acceptors (Lipinski definition) is 6. The molecule has 1 saturated heterocycles. The van der Waals surface area contributed by atoms with Gasteiger partial charge >= 0.3 is 18.3 Å². The molecule has 1 fully saturated rings. The SMILES string of the molecule is CC(NC(=O)N1C(=O)[C@H](Cc2cncc(Cl)c2)[C@H]1C(=O)O)c1ccc2c(c1)OC(F)(F)O2. The molecule has 32 heavy (non-hydrogen) atoms. The van der Waals surface area contributed by atoms with Gasteiger partial charge in [-0.1, -0.05) is 17.7 Å². The fourth-order valence-electron chi connectivity index (χ4n) is 3.65. The van der Waals surface area contributed by atoms with Gasteiger partial charge in [0.1, 0.15) is 0 Å². The van der Waals surface area contributed by atoms with Crippen LogP contribution in [-0.4, -0.2) is 45.2 Å². The van der Waals surface area contributed by atoms with E-state index in [-0.39, 0.29) is 17.9 Å². The predicted octanol–water partition coefficient (Wildman–Crippen LogP) is 2.98. The Morgan fingerprint density at radius 2 is 2.00 bits per heavy atom. The number of rotatable bonds is 5. The lowest BCUT2D eigenvalue weighted by Crippen LogP contribution is -2.68. The summed E-state index contributed by atoms with van der Waals surface area (Å²) in [5.74, 6) is -3.31. The van der Waals surface area contributed by atoms with Crippen molar-refractivity contribution in [1.29, 1.82) is 0 Å². The van der Waals surface area contributed by atoms with Crippen LogP contribution in [0.4, 0.5) is 13.6 Å². The number of fused-ring (bicyclic) bond motifs is 1. The number of alkyl halides is 2. The molecule has 1 aromatic carbocycles. The smallest absolute Gasteiger partial charge is 0.480 e. The van der Waals surface area contributed by atoms with Crippen LogP contribution in [0.2, 0.25) is 5.02 Å². The van der Waals surface area contributed by atoms with Gasteiger partial charge in [-0.25, -0.2) is 14.5 Å². The zero-order chi connectivity index (χ0) is 23.2. The van der Waals surface area contributed by atoms with E-state index in [1.165, 1.54) is 30.6 Å². The Hall–Kier alpha value is -3.47. The monoisotopic (exact) mass is 467 g/mol. The molecule has 1 unspecified atom stereocenters. The van der Waals surface area contributed by atoms with E-state index in [1.807, 2.05) is 0 Å². The molecule has 2 aromatic rings. The molecular formula is C20H16ClF2N3O6. The number of ether oxygens (including phenoxy) is 2. The highest BCUT2D eigenvalue weighted by Gasteiger charge is 2.54. The first kappa shape index (κ1) is 21.8. The zero-order valence-electron chi connectivity index (χ0n) is 16.4. The molecule has 3 amide bonds. The van der Waals surface area contributed by atoms with Crippen molar-refractivity contribution in [2.24, 2.45) is 5.92 Å². The number of aromatic nitrogens is 1. The maximum Gasteiger partial charge on any atom is 0.586 e. The van der Waals surface area contributed by atoms with Crippen LogP contribution in [0.25, 0.3) is 0 Å². The maximum atomic E-state index is 13.2. The minimum Gasteiger partial charge on any atom is -0.480 e. The summed E-state index contributed by atoms with van der Waals surface area (Å²) in [4.78, 5) is 41.5. The number of carbonyl (C=O) groups is 3. The van der Waals surface area contributed by atoms with E-state index in [4.69, 9.17) is 11.6 Å². The lowest BCUT2D eigenvalue weighted by atomic mass is 9.83. The molecule has 2 aliphatic heterocycles. The molecule has 2 aliphatic rings. The molecular weight excluding hydrogens is 452 g/mol. The van der Waals surface area contributed by atoms with E-state index < -0.39 is 42.2 Å². The number of pyridine rings is 1. The van der Waals surface area contributed by atoms with Crippen molar-refractivity contribution in [1.82, 2.24) is 15.2 Å². The Kier molecular flexibility index (Phi) is 5.37. The van der Waals surface area contributed by atoms with Crippen LogP contribution in [0.3, 0.4) is 0 Å². The van der Waals surface area contributed by atoms with Gasteiger partial charge < -0.3 is 19.9 Å². The van der Waals surface area contributed by atoms with E-state index >= 15 is 0 Å². The summed E-state index contributed by atoms with van der Waals surface area (Å²) < 4.78 is 35.1. The molecule has 3 heterocycles. The fourth-order valence-corrected chi connectivity index (χ4v) is 3.85. The first-order chi connectivity index (χ1) is 15.1. The second-order valence-corrected chi connectivity index (χ2v) is 7.79. The summed E-state index contributed by atoms with van der Waals surface area (Å²) >= 11 is 5.87. The molecule has 0 saturated carbocycles. The van der Waals surface area contributed by atoms with E-state index in [2.05, 4.69) is 19.8 Å². The largest absolute Gasteiger partial charge is 0.586 e. The number of nitrogens with zero attached hydrogens (tertiary/aromatic N) is 2. The van der Waals surface area contributed by atoms with Crippen molar-refractivity contribution >= 4 is 29.5 Å². The predicted molar refractivity (Wildman–Crippen MR) is 104 cm³/mol. The standard InChI is InChI=1S/C20H16ClF2N3O6/c1-9(11-2-3-14-15(6-11)32-20(22,23)31-14)25-19(30)26-16(18(28)29)13(17(26)27)5-10-4-12(21)8-24-7-10/h2-4,6-9,13,16H,5H2,1H3,(H,25,30)(H,28,29)/t9?,13-,16+/m1/s1. The van der Waals surface area contributed by atoms with Crippen molar-refractivity contribution in [3.05, 3.63) is 52.8 Å². The number of β-lactam (4-membered cyclic amide) rings is 1. The lowest BCUT2D eigenvalue weighted by Gasteiger charge is -2.43. The van der Waals surface area contributed by atoms with E-state index in [9.17, 15) is 28.3 Å². The Balaban J connectivity index is 1.45. The van der Waals surface area contributed by atoms with Gasteiger partial charge in [0.05, 0.1) is 17.0 Å². The van der Waals surface area contributed by atoms with Crippen molar-refractivity contribution < 1.29 is 37.7 Å². The van der Waals surface area contributed by atoms with Crippen LogP contribution < -0.4 is 14.8 Å². The second-order valence-electron chi connectivity index (χ2n) is 7.36. The van der Waals surface area contributed by atoms with Crippen LogP contribution in [0.15, 0.2) is 36.7 Å². The number of likely N-dealkylation sites (tertiary alicyclic amines) is 1. The number of imide groups is 1. The quantitative estimate of drug-likeness (QED) is 0.649. The Morgan fingerprint density at radius 3 is 2.69 bits per heavy atom. The molecule has 0 aliphatic carbocycles. The molecule has 3 atom stereocenters. The number of hydrogen-bond donors (Lipinski definition) is 2. The van der Waals surface area contributed by atoms with Gasteiger partial charge in [0.2, 0.25) is 5.91 Å². The van der Waals surface area contributed by atoms with Gasteiger partial charge in [-0.05, 0) is 42.7 Å². The van der Waals surface area contributed by atoms with Gasteiger partial charge in [0.25, 0.3) is 0 Å². The first-order valence-electron chi connectivity index (χ1n) is 9.41. The summed E-state index contributed by atoms with van der Waals surface area (Å²) in [6.07, 6.45) is -0.856. The Labute approximate surface area is 184 Å². The molecule has 168 valence electrons. The van der Waals surface area contributed by atoms with Gasteiger partial charge in [0, 0.05) is 12.4 Å². The van der Waals surface area contributed by atoms with Gasteiger partial charge in [-0.2, -0.15) is 0 Å². The summed E-state index contributed by atoms with van der Waals surface area (Å²) in [5, 5.41) is 12.4. The van der Waals surface area contributed by atoms with Gasteiger partial charge in [-0.15, -0.1) is 8.78 Å². The van der Waals surface area contributed by atoms with Crippen molar-refractivity contribution in [2.45, 2.75) is 31.7 Å². The van der Waals surface area contributed by atoms with E-state index in [0.29, 0.717) is 21.0 Å². The van der Waals surface area contributed by atoms with Gasteiger partial charge in [0.15, 0.2) is 17.5 Å². The number of carboxylic acid groups (broad SMARTS) is 1. The van der Waals surface area contributed by atoms with Crippen molar-refractivity contribution in [3.63, 3.8) is 0 Å². The molecule has 9 nitrogen and oxygen atoms in total. The third-order valence-electron chi connectivity index (χ3n) is 5.17. The normalized spacial score (nSPS) is 21.6. The Bertz CT molecular complexity index is 1110. The molecule has 2 N–H and O–H groups in total. The minimum atomic E-state index is -3.78. The molecule has 0 spiro atoms. The van der Waals surface area contributed by atoms with Crippen molar-refractivity contribution in [2.75, 3.05) is 0 Å². The second kappa shape index (κ2) is 7.90. The number of carbonyl (C=O) groups excluding carboxylic acids is 2. The molecule has 0 bridgehead atoms. The number of nitrogens with one attached hydrogen (secondary N) is 1. The molecule has 0 radical (unpaired) electrons. The summed E-state index contributed by atoms with van der Waals surface area (Å²) in [6.45, 7) is 1.54. The van der Waals surface area contributed by atoms with Crippen molar-refractivity contribution in [3.8, 4) is 11.5 Å². The average Bonchev–Trinajstić information content (AvgIpc) is 3.02. The molecule has 1 aromatic heterocycles.